The number of fused-ring (bicyclic) bond motifs is 1. The first-order valence-corrected chi connectivity index (χ1v) is 12.6. The molecular weight excluding hydrogens is 473 g/mol. The van der Waals surface area contributed by atoms with Gasteiger partial charge in [-0.15, -0.1) is 11.3 Å². The Hall–Kier alpha value is -1.31. The Kier molecular flexibility index (Phi) is 5.84. The summed E-state index contributed by atoms with van der Waals surface area (Å²) in [5.41, 5.74) is 0.700. The maximum absolute atomic E-state index is 13.5. The van der Waals surface area contributed by atoms with Gasteiger partial charge in [-0.1, -0.05) is 59.1 Å². The summed E-state index contributed by atoms with van der Waals surface area (Å²) < 4.78 is 25.0. The van der Waals surface area contributed by atoms with Gasteiger partial charge >= 0.3 is 0 Å². The molecule has 2 heterocycles. The predicted octanol–water partition coefficient (Wildman–Crippen LogP) is 5.69. The SMILES string of the molecule is O=C(c1sc2ccccc2c1Cl)N(Cc1ccc(Cl)cc1Cl)C1CCS(=O)(=O)C1. The zero-order chi connectivity index (χ0) is 20.8. The van der Waals surface area contributed by atoms with Crippen molar-refractivity contribution in [2.75, 3.05) is 11.5 Å². The number of carbonyl (C=O) groups excluding carboxylic acids is 1. The van der Waals surface area contributed by atoms with Crippen molar-refractivity contribution in [2.45, 2.75) is 19.0 Å². The molecule has 1 atom stereocenters. The van der Waals surface area contributed by atoms with Crippen LogP contribution in [0.25, 0.3) is 10.1 Å². The van der Waals surface area contributed by atoms with E-state index in [0.29, 0.717) is 31.9 Å². The highest BCUT2D eigenvalue weighted by Gasteiger charge is 2.36. The minimum Gasteiger partial charge on any atom is -0.329 e. The van der Waals surface area contributed by atoms with Gasteiger partial charge in [-0.25, -0.2) is 8.42 Å². The molecule has 0 aliphatic carbocycles. The fourth-order valence-electron chi connectivity index (χ4n) is 3.50. The maximum atomic E-state index is 13.5. The Balaban J connectivity index is 1.74. The maximum Gasteiger partial charge on any atom is 0.266 e. The predicted molar refractivity (Wildman–Crippen MR) is 120 cm³/mol. The molecule has 0 spiro atoms. The van der Waals surface area contributed by atoms with Crippen molar-refractivity contribution in [1.82, 2.24) is 4.90 Å². The van der Waals surface area contributed by atoms with E-state index in [1.807, 2.05) is 24.3 Å². The molecule has 4 rings (SSSR count). The summed E-state index contributed by atoms with van der Waals surface area (Å²) in [6.07, 6.45) is 0.391. The van der Waals surface area contributed by atoms with E-state index in [4.69, 9.17) is 34.8 Å². The lowest BCUT2D eigenvalue weighted by molar-refractivity contribution is 0.0686. The average molecular weight is 489 g/mol. The van der Waals surface area contributed by atoms with Crippen LogP contribution in [0.4, 0.5) is 0 Å². The van der Waals surface area contributed by atoms with E-state index in [9.17, 15) is 13.2 Å². The summed E-state index contributed by atoms with van der Waals surface area (Å²) >= 11 is 20.1. The van der Waals surface area contributed by atoms with Gasteiger partial charge in [0.25, 0.3) is 5.91 Å². The molecule has 0 radical (unpaired) electrons. The number of thiophene rings is 1. The number of benzene rings is 2. The van der Waals surface area contributed by atoms with Crippen molar-refractivity contribution in [3.05, 3.63) is 68.0 Å². The number of nitrogens with zero attached hydrogens (tertiary/aromatic N) is 1. The molecule has 0 bridgehead atoms. The molecule has 3 aromatic rings. The third-order valence-corrected chi connectivity index (χ3v) is 9.00. The molecule has 1 fully saturated rings. The highest BCUT2D eigenvalue weighted by molar-refractivity contribution is 7.91. The lowest BCUT2D eigenvalue weighted by Gasteiger charge is -2.28. The molecule has 1 aliphatic heterocycles. The molecule has 4 nitrogen and oxygen atoms in total. The number of amides is 1. The molecule has 1 unspecified atom stereocenters. The quantitative estimate of drug-likeness (QED) is 0.474. The fraction of sp³-hybridized carbons (Fsp3) is 0.250. The second-order valence-electron chi connectivity index (χ2n) is 6.97. The molecular formula is C20H16Cl3NO3S2. The third-order valence-electron chi connectivity index (χ3n) is 4.99. The number of hydrogen-bond acceptors (Lipinski definition) is 4. The van der Waals surface area contributed by atoms with E-state index in [2.05, 4.69) is 0 Å². The van der Waals surface area contributed by atoms with Gasteiger partial charge in [0, 0.05) is 32.7 Å². The second-order valence-corrected chi connectivity index (χ2v) is 11.5. The largest absolute Gasteiger partial charge is 0.329 e. The van der Waals surface area contributed by atoms with Crippen LogP contribution >= 0.6 is 46.1 Å². The topological polar surface area (TPSA) is 54.5 Å². The lowest BCUT2D eigenvalue weighted by atomic mass is 10.1. The van der Waals surface area contributed by atoms with E-state index in [1.165, 1.54) is 11.3 Å². The van der Waals surface area contributed by atoms with Crippen LogP contribution in [-0.4, -0.2) is 36.8 Å². The zero-order valence-electron chi connectivity index (χ0n) is 15.1. The van der Waals surface area contributed by atoms with Gasteiger partial charge in [0.2, 0.25) is 0 Å². The fourth-order valence-corrected chi connectivity index (χ4v) is 7.17. The van der Waals surface area contributed by atoms with Gasteiger partial charge in [0.15, 0.2) is 9.84 Å². The van der Waals surface area contributed by atoms with E-state index >= 15 is 0 Å². The molecule has 29 heavy (non-hydrogen) atoms. The van der Waals surface area contributed by atoms with Crippen LogP contribution in [0.1, 0.15) is 21.7 Å². The monoisotopic (exact) mass is 487 g/mol. The van der Waals surface area contributed by atoms with Crippen molar-refractivity contribution in [1.29, 1.82) is 0 Å². The van der Waals surface area contributed by atoms with Crippen LogP contribution in [-0.2, 0) is 16.4 Å². The van der Waals surface area contributed by atoms with Crippen LogP contribution in [0.3, 0.4) is 0 Å². The minimum atomic E-state index is -3.18. The molecule has 9 heteroatoms. The van der Waals surface area contributed by atoms with Crippen LogP contribution < -0.4 is 0 Å². The average Bonchev–Trinajstić information content (AvgIpc) is 3.20. The highest BCUT2D eigenvalue weighted by Crippen LogP contribution is 2.37. The van der Waals surface area contributed by atoms with Crippen LogP contribution in [0.5, 0.6) is 0 Å². The summed E-state index contributed by atoms with van der Waals surface area (Å²) in [6, 6.07) is 12.2. The number of rotatable bonds is 4. The van der Waals surface area contributed by atoms with Gasteiger partial charge in [-0.2, -0.15) is 0 Å². The van der Waals surface area contributed by atoms with Gasteiger partial charge < -0.3 is 4.90 Å². The van der Waals surface area contributed by atoms with Gasteiger partial charge in [0.1, 0.15) is 4.88 Å². The Morgan fingerprint density at radius 1 is 1.14 bits per heavy atom. The Bertz CT molecular complexity index is 1210. The molecule has 152 valence electrons. The first-order chi connectivity index (χ1) is 13.7. The number of sulfone groups is 1. The minimum absolute atomic E-state index is 0.0630. The standard InChI is InChI=1S/C20H16Cl3NO3S2/c21-13-6-5-12(16(22)9-13)10-24(14-7-8-29(26,27)11-14)20(25)19-18(23)15-3-1-2-4-17(15)28-19/h1-6,9,14H,7-8,10-11H2. The van der Waals surface area contributed by atoms with E-state index in [0.717, 1.165) is 10.1 Å². The highest BCUT2D eigenvalue weighted by atomic mass is 35.5. The number of carbonyl (C=O) groups is 1. The molecule has 1 saturated heterocycles. The first-order valence-electron chi connectivity index (χ1n) is 8.87. The Morgan fingerprint density at radius 3 is 2.55 bits per heavy atom. The van der Waals surface area contributed by atoms with Crippen LogP contribution in [0.2, 0.25) is 15.1 Å². The van der Waals surface area contributed by atoms with E-state index < -0.39 is 15.9 Å². The summed E-state index contributed by atoms with van der Waals surface area (Å²) in [6.45, 7) is 0.180. The van der Waals surface area contributed by atoms with Crippen LogP contribution in [0, 0.1) is 0 Å². The third kappa shape index (κ3) is 4.28. The molecule has 0 N–H and O–H groups in total. The van der Waals surface area contributed by atoms with E-state index in [1.54, 1.807) is 23.1 Å². The molecule has 0 saturated carbocycles. The summed E-state index contributed by atoms with van der Waals surface area (Å²) in [4.78, 5) is 15.5. The molecule has 1 aliphatic rings. The number of hydrogen-bond donors (Lipinski definition) is 0. The van der Waals surface area contributed by atoms with Crippen molar-refractivity contribution in [3.63, 3.8) is 0 Å². The molecule has 2 aromatic carbocycles. The van der Waals surface area contributed by atoms with Crippen molar-refractivity contribution in [3.8, 4) is 0 Å². The van der Waals surface area contributed by atoms with Crippen LogP contribution in [0.15, 0.2) is 42.5 Å². The second kappa shape index (κ2) is 8.08. The lowest BCUT2D eigenvalue weighted by Crippen LogP contribution is -2.40. The smallest absolute Gasteiger partial charge is 0.266 e. The summed E-state index contributed by atoms with van der Waals surface area (Å²) in [5, 5.41) is 2.13. The molecule has 1 aromatic heterocycles. The molecule has 1 amide bonds. The Morgan fingerprint density at radius 2 is 1.90 bits per heavy atom. The number of halogens is 3. The van der Waals surface area contributed by atoms with Gasteiger partial charge in [0.05, 0.1) is 16.5 Å². The Labute approximate surface area is 187 Å². The van der Waals surface area contributed by atoms with Crippen molar-refractivity contribution < 1.29 is 13.2 Å². The summed E-state index contributed by atoms with van der Waals surface area (Å²) in [7, 11) is -3.18. The first kappa shape index (κ1) is 20.9. The summed E-state index contributed by atoms with van der Waals surface area (Å²) in [5.74, 6) is -0.285. The van der Waals surface area contributed by atoms with E-state index in [-0.39, 0.29) is 24.0 Å². The van der Waals surface area contributed by atoms with Gasteiger partial charge in [-0.05, 0) is 30.2 Å². The van der Waals surface area contributed by atoms with Crippen molar-refractivity contribution >= 4 is 72.0 Å². The zero-order valence-corrected chi connectivity index (χ0v) is 19.0. The van der Waals surface area contributed by atoms with Crippen molar-refractivity contribution in [2.24, 2.45) is 0 Å². The normalized spacial score (nSPS) is 18.2. The van der Waals surface area contributed by atoms with Gasteiger partial charge in [-0.3, -0.25) is 4.79 Å².